The van der Waals surface area contributed by atoms with E-state index in [1.165, 1.54) is 6.07 Å². The van der Waals surface area contributed by atoms with Crippen molar-refractivity contribution in [2.75, 3.05) is 18.0 Å². The summed E-state index contributed by atoms with van der Waals surface area (Å²) in [6.45, 7) is 1.49. The summed E-state index contributed by atoms with van der Waals surface area (Å²) >= 11 is 0. The first kappa shape index (κ1) is 23.5. The van der Waals surface area contributed by atoms with E-state index in [2.05, 4.69) is 50.3 Å². The van der Waals surface area contributed by atoms with Gasteiger partial charge in [0.05, 0.1) is 36.4 Å². The van der Waals surface area contributed by atoms with Crippen molar-refractivity contribution in [3.05, 3.63) is 91.0 Å². The van der Waals surface area contributed by atoms with Gasteiger partial charge in [-0.25, -0.2) is 9.37 Å². The smallest absolute Gasteiger partial charge is 0.229 e. The minimum Gasteiger partial charge on any atom is -0.352 e. The van der Waals surface area contributed by atoms with Crippen molar-refractivity contribution in [3.8, 4) is 22.3 Å². The Hall–Kier alpha value is -4.66. The number of piperidine rings is 1. The molecule has 2 atom stereocenters. The summed E-state index contributed by atoms with van der Waals surface area (Å²) in [6, 6.07) is 15.7. The maximum Gasteiger partial charge on any atom is 0.229 e. The number of halogens is 1. The number of carbonyl (C=O) groups is 1. The number of anilines is 1. The number of benzene rings is 1. The van der Waals surface area contributed by atoms with Gasteiger partial charge in [-0.1, -0.05) is 6.07 Å². The summed E-state index contributed by atoms with van der Waals surface area (Å²) in [6.07, 6.45) is 9.95. The van der Waals surface area contributed by atoms with Gasteiger partial charge in [-0.3, -0.25) is 19.4 Å². The molecule has 1 aromatic carbocycles. The standard InChI is InChI=1S/C30H26FN7O/c1-36-16-21(14-35-36)20-9-27(26-3-2-8-32-28(26)10-20)19-4-7-29(34-13-19)37-17-24-12-25(18-37)38(24)30(39)11-23-6-5-22(31)15-33-23/h2-10,13-16,24-25H,11-12,17-18H2,1H3. The largest absolute Gasteiger partial charge is 0.352 e. The Morgan fingerprint density at radius 2 is 1.82 bits per heavy atom. The first-order valence-corrected chi connectivity index (χ1v) is 13.0. The molecule has 0 aliphatic carbocycles. The van der Waals surface area contributed by atoms with Gasteiger partial charge in [-0.2, -0.15) is 5.10 Å². The normalized spacial score (nSPS) is 18.3. The van der Waals surface area contributed by atoms with Gasteiger partial charge in [-0.15, -0.1) is 0 Å². The molecule has 2 bridgehead atoms. The van der Waals surface area contributed by atoms with Crippen LogP contribution in [0.4, 0.5) is 10.2 Å². The number of piperazine rings is 1. The van der Waals surface area contributed by atoms with E-state index in [0.29, 0.717) is 5.69 Å². The van der Waals surface area contributed by atoms with E-state index in [4.69, 9.17) is 4.98 Å². The number of carbonyl (C=O) groups excluding carboxylic acids is 1. The van der Waals surface area contributed by atoms with E-state index in [-0.39, 0.29) is 24.4 Å². The number of rotatable bonds is 5. The molecule has 3 saturated heterocycles. The fraction of sp³-hybridized carbons (Fsp3) is 0.233. The van der Waals surface area contributed by atoms with Gasteiger partial charge in [0.25, 0.3) is 0 Å². The molecule has 3 aliphatic rings. The lowest BCUT2D eigenvalue weighted by Gasteiger charge is -2.56. The summed E-state index contributed by atoms with van der Waals surface area (Å²) in [7, 11) is 1.91. The first-order valence-electron chi connectivity index (χ1n) is 13.0. The van der Waals surface area contributed by atoms with Crippen molar-refractivity contribution < 1.29 is 9.18 Å². The Morgan fingerprint density at radius 3 is 2.54 bits per heavy atom. The fourth-order valence-electron chi connectivity index (χ4n) is 5.85. The second-order valence-corrected chi connectivity index (χ2v) is 10.3. The van der Waals surface area contributed by atoms with Gasteiger partial charge in [-0.05, 0) is 60.0 Å². The van der Waals surface area contributed by atoms with Crippen molar-refractivity contribution in [1.82, 2.24) is 29.6 Å². The van der Waals surface area contributed by atoms with Crippen molar-refractivity contribution in [3.63, 3.8) is 0 Å². The predicted molar refractivity (Wildman–Crippen MR) is 146 cm³/mol. The van der Waals surface area contributed by atoms with E-state index in [9.17, 15) is 9.18 Å². The van der Waals surface area contributed by atoms with Crippen LogP contribution in [0.15, 0.2) is 79.5 Å². The molecule has 0 saturated carbocycles. The summed E-state index contributed by atoms with van der Waals surface area (Å²) in [5.74, 6) is 0.561. The van der Waals surface area contributed by atoms with Crippen LogP contribution >= 0.6 is 0 Å². The van der Waals surface area contributed by atoms with E-state index < -0.39 is 5.82 Å². The third-order valence-corrected chi connectivity index (χ3v) is 7.74. The quantitative estimate of drug-likeness (QED) is 0.345. The minimum absolute atomic E-state index is 0.0484. The van der Waals surface area contributed by atoms with Crippen molar-refractivity contribution in [2.24, 2.45) is 7.05 Å². The molecule has 8 rings (SSSR count). The molecule has 3 fully saturated rings. The fourth-order valence-corrected chi connectivity index (χ4v) is 5.85. The molecule has 1 amide bonds. The lowest BCUT2D eigenvalue weighted by atomic mass is 9.86. The van der Waals surface area contributed by atoms with Gasteiger partial charge >= 0.3 is 0 Å². The molecular formula is C30H26FN7O. The van der Waals surface area contributed by atoms with Crippen LogP contribution in [0.1, 0.15) is 12.1 Å². The van der Waals surface area contributed by atoms with Crippen molar-refractivity contribution in [2.45, 2.75) is 24.9 Å². The molecule has 5 aromatic rings. The Balaban J connectivity index is 1.10. The van der Waals surface area contributed by atoms with E-state index in [0.717, 1.165) is 64.7 Å². The molecule has 194 valence electrons. The molecule has 0 N–H and O–H groups in total. The van der Waals surface area contributed by atoms with Crippen molar-refractivity contribution >= 4 is 22.6 Å². The summed E-state index contributed by atoms with van der Waals surface area (Å²) < 4.78 is 15.0. The molecular weight excluding hydrogens is 493 g/mol. The molecule has 4 aromatic heterocycles. The molecule has 0 radical (unpaired) electrons. The zero-order valence-corrected chi connectivity index (χ0v) is 21.4. The van der Waals surface area contributed by atoms with Crippen LogP contribution in [0.2, 0.25) is 0 Å². The van der Waals surface area contributed by atoms with Gasteiger partial charge in [0.2, 0.25) is 5.91 Å². The minimum atomic E-state index is -0.396. The number of aromatic nitrogens is 5. The molecule has 2 unspecified atom stereocenters. The second kappa shape index (κ2) is 9.27. The second-order valence-electron chi connectivity index (χ2n) is 10.3. The summed E-state index contributed by atoms with van der Waals surface area (Å²) in [5, 5.41) is 5.40. The predicted octanol–water partition coefficient (Wildman–Crippen LogP) is 4.26. The topological polar surface area (TPSA) is 80.0 Å². The summed E-state index contributed by atoms with van der Waals surface area (Å²) in [4.78, 5) is 30.6. The van der Waals surface area contributed by atoms with E-state index in [1.54, 1.807) is 10.7 Å². The molecule has 39 heavy (non-hydrogen) atoms. The highest BCUT2D eigenvalue weighted by Gasteiger charge is 2.47. The number of hydrogen-bond acceptors (Lipinski definition) is 6. The first-order chi connectivity index (χ1) is 19.0. The highest BCUT2D eigenvalue weighted by molar-refractivity contribution is 5.98. The molecule has 3 aliphatic heterocycles. The SMILES string of the molecule is Cn1cc(-c2cc(-c3ccc(N4CC5CC(C4)N5C(=O)Cc4ccc(F)cn4)nc3)c3cccnc3c2)cn1. The Bertz CT molecular complexity index is 1670. The third kappa shape index (κ3) is 4.29. The average molecular weight is 520 g/mol. The molecule has 0 spiro atoms. The maximum atomic E-state index is 13.2. The number of pyridine rings is 3. The highest BCUT2D eigenvalue weighted by Crippen LogP contribution is 2.36. The van der Waals surface area contributed by atoms with Crippen LogP contribution in [0.25, 0.3) is 33.2 Å². The van der Waals surface area contributed by atoms with Crippen LogP contribution in [-0.4, -0.2) is 60.7 Å². The van der Waals surface area contributed by atoms with Crippen molar-refractivity contribution in [1.29, 1.82) is 0 Å². The van der Waals surface area contributed by atoms with E-state index >= 15 is 0 Å². The van der Waals surface area contributed by atoms with Gasteiger partial charge in [0.1, 0.15) is 11.6 Å². The van der Waals surface area contributed by atoms with E-state index in [1.807, 2.05) is 42.8 Å². The van der Waals surface area contributed by atoms with Crippen LogP contribution < -0.4 is 4.90 Å². The maximum absolute atomic E-state index is 13.2. The molecule has 7 heterocycles. The number of nitrogens with zero attached hydrogens (tertiary/aromatic N) is 7. The number of hydrogen-bond donors (Lipinski definition) is 0. The van der Waals surface area contributed by atoms with Crippen LogP contribution in [0.3, 0.4) is 0 Å². The van der Waals surface area contributed by atoms with Gasteiger partial charge in [0.15, 0.2) is 0 Å². The Morgan fingerprint density at radius 1 is 0.949 bits per heavy atom. The number of amides is 1. The zero-order valence-electron chi connectivity index (χ0n) is 21.4. The van der Waals surface area contributed by atoms with Crippen LogP contribution in [-0.2, 0) is 18.3 Å². The number of fused-ring (bicyclic) bond motifs is 3. The highest BCUT2D eigenvalue weighted by atomic mass is 19.1. The van der Waals surface area contributed by atoms with Gasteiger partial charge in [0, 0.05) is 60.9 Å². The third-order valence-electron chi connectivity index (χ3n) is 7.74. The van der Waals surface area contributed by atoms with Crippen LogP contribution in [0, 0.1) is 5.82 Å². The lowest BCUT2D eigenvalue weighted by Crippen LogP contribution is -2.70. The average Bonchev–Trinajstić information content (AvgIpc) is 3.40. The van der Waals surface area contributed by atoms with Crippen LogP contribution in [0.5, 0.6) is 0 Å². The molecule has 8 nitrogen and oxygen atoms in total. The zero-order chi connectivity index (χ0) is 26.5. The Labute approximate surface area is 224 Å². The lowest BCUT2D eigenvalue weighted by molar-refractivity contribution is -0.145. The molecule has 9 heteroatoms. The monoisotopic (exact) mass is 519 g/mol. The Kier molecular flexibility index (Phi) is 5.57. The summed E-state index contributed by atoms with van der Waals surface area (Å²) in [5.41, 5.74) is 5.72. The number of aryl methyl sites for hydroxylation is 1. The van der Waals surface area contributed by atoms with Gasteiger partial charge < -0.3 is 9.80 Å².